The number of halogens is 1. The fourth-order valence-electron chi connectivity index (χ4n) is 2.00. The molecule has 0 aliphatic carbocycles. The van der Waals surface area contributed by atoms with Crippen LogP contribution in [-0.2, 0) is 16.1 Å². The lowest BCUT2D eigenvalue weighted by Gasteiger charge is -2.17. The Morgan fingerprint density at radius 2 is 1.90 bits per heavy atom. The van der Waals surface area contributed by atoms with Crippen molar-refractivity contribution in [2.24, 2.45) is 0 Å². The average molecular weight is 294 g/mol. The van der Waals surface area contributed by atoms with Crippen LogP contribution in [0.3, 0.4) is 0 Å². The number of hydrogen-bond acceptors (Lipinski definition) is 2. The van der Waals surface area contributed by atoms with E-state index in [4.69, 9.17) is 0 Å². The van der Waals surface area contributed by atoms with Gasteiger partial charge >= 0.3 is 0 Å². The summed E-state index contributed by atoms with van der Waals surface area (Å²) < 4.78 is 13.5. The van der Waals surface area contributed by atoms with E-state index >= 15 is 0 Å². The molecule has 1 aromatic carbocycles. The van der Waals surface area contributed by atoms with Gasteiger partial charge in [0.2, 0.25) is 11.8 Å². The van der Waals surface area contributed by atoms with E-state index in [2.05, 4.69) is 5.32 Å². The van der Waals surface area contributed by atoms with Crippen LogP contribution in [0, 0.1) is 5.82 Å². The minimum atomic E-state index is -0.285. The maximum absolute atomic E-state index is 13.5. The molecule has 0 aliphatic rings. The third kappa shape index (κ3) is 6.88. The van der Waals surface area contributed by atoms with Crippen molar-refractivity contribution in [3.05, 3.63) is 35.6 Å². The molecule has 0 radical (unpaired) electrons. The largest absolute Gasteiger partial charge is 0.356 e. The number of benzene rings is 1. The van der Waals surface area contributed by atoms with Gasteiger partial charge < -0.3 is 10.2 Å². The molecule has 0 aromatic heterocycles. The van der Waals surface area contributed by atoms with Gasteiger partial charge in [-0.1, -0.05) is 24.6 Å². The summed E-state index contributed by atoms with van der Waals surface area (Å²) in [4.78, 5) is 24.2. The lowest BCUT2D eigenvalue weighted by Crippen LogP contribution is -2.26. The van der Waals surface area contributed by atoms with E-state index in [1.807, 2.05) is 0 Å². The Kier molecular flexibility index (Phi) is 7.43. The van der Waals surface area contributed by atoms with Crippen molar-refractivity contribution < 1.29 is 14.0 Å². The van der Waals surface area contributed by atoms with Gasteiger partial charge in [0, 0.05) is 39.0 Å². The lowest BCUT2D eigenvalue weighted by molar-refractivity contribution is -0.130. The molecule has 4 nitrogen and oxygen atoms in total. The molecule has 1 rings (SSSR count). The summed E-state index contributed by atoms with van der Waals surface area (Å²) in [5, 5.41) is 2.72. The number of amides is 2. The Labute approximate surface area is 125 Å². The maximum atomic E-state index is 13.5. The maximum Gasteiger partial charge on any atom is 0.222 e. The fraction of sp³-hybridized carbons (Fsp3) is 0.500. The average Bonchev–Trinajstić information content (AvgIpc) is 2.44. The second kappa shape index (κ2) is 9.10. The summed E-state index contributed by atoms with van der Waals surface area (Å²) in [6.45, 7) is 2.42. The van der Waals surface area contributed by atoms with Gasteiger partial charge in [0.15, 0.2) is 0 Å². The third-order valence-corrected chi connectivity index (χ3v) is 3.23. The van der Waals surface area contributed by atoms with Gasteiger partial charge in [0.05, 0.1) is 0 Å². The molecule has 0 atom stereocenters. The van der Waals surface area contributed by atoms with Gasteiger partial charge in [0.1, 0.15) is 5.82 Å². The highest BCUT2D eigenvalue weighted by Gasteiger charge is 2.10. The summed E-state index contributed by atoms with van der Waals surface area (Å²) in [6, 6.07) is 6.48. The van der Waals surface area contributed by atoms with E-state index in [0.29, 0.717) is 18.5 Å². The van der Waals surface area contributed by atoms with E-state index in [9.17, 15) is 14.0 Å². The third-order valence-electron chi connectivity index (χ3n) is 3.23. The zero-order valence-electron chi connectivity index (χ0n) is 12.7. The number of nitrogens with zero attached hydrogens (tertiary/aromatic N) is 1. The molecule has 0 unspecified atom stereocenters. The molecule has 0 aliphatic heterocycles. The zero-order chi connectivity index (χ0) is 15.7. The topological polar surface area (TPSA) is 49.4 Å². The lowest BCUT2D eigenvalue weighted by atomic mass is 10.1. The van der Waals surface area contributed by atoms with E-state index in [1.165, 1.54) is 13.0 Å². The fourth-order valence-corrected chi connectivity index (χ4v) is 2.00. The predicted molar refractivity (Wildman–Crippen MR) is 80.0 cm³/mol. The standard InChI is InChI=1S/C16H23FN2O2/c1-13(20)18-11-7-3-4-10-16(21)19(2)12-14-8-5-6-9-15(14)17/h5-6,8-9H,3-4,7,10-12H2,1-2H3,(H,18,20). The predicted octanol–water partition coefficient (Wildman–Crippen LogP) is 2.48. The minimum absolute atomic E-state index is 0.0118. The van der Waals surface area contributed by atoms with Crippen LogP contribution in [0.4, 0.5) is 4.39 Å². The van der Waals surface area contributed by atoms with Crippen LogP contribution in [-0.4, -0.2) is 30.3 Å². The normalized spacial score (nSPS) is 10.2. The molecule has 116 valence electrons. The Balaban J connectivity index is 2.23. The van der Waals surface area contributed by atoms with Crippen LogP contribution in [0.1, 0.15) is 38.2 Å². The highest BCUT2D eigenvalue weighted by Crippen LogP contribution is 2.10. The van der Waals surface area contributed by atoms with Gasteiger partial charge in [-0.15, -0.1) is 0 Å². The van der Waals surface area contributed by atoms with Crippen LogP contribution in [0.5, 0.6) is 0 Å². The number of hydrogen-bond donors (Lipinski definition) is 1. The van der Waals surface area contributed by atoms with Crippen LogP contribution in [0.25, 0.3) is 0 Å². The molecule has 0 saturated heterocycles. The molecule has 1 N–H and O–H groups in total. The van der Waals surface area contributed by atoms with Crippen LogP contribution in [0.2, 0.25) is 0 Å². The van der Waals surface area contributed by atoms with Crippen molar-refractivity contribution in [1.82, 2.24) is 10.2 Å². The molecule has 0 fully saturated rings. The Morgan fingerprint density at radius 1 is 1.19 bits per heavy atom. The highest BCUT2D eigenvalue weighted by molar-refractivity contribution is 5.75. The second-order valence-electron chi connectivity index (χ2n) is 5.13. The minimum Gasteiger partial charge on any atom is -0.356 e. The first-order chi connectivity index (χ1) is 10.0. The first-order valence-electron chi connectivity index (χ1n) is 7.22. The number of nitrogens with one attached hydrogen (secondary N) is 1. The van der Waals surface area contributed by atoms with Gasteiger partial charge in [-0.05, 0) is 18.9 Å². The number of rotatable bonds is 8. The summed E-state index contributed by atoms with van der Waals surface area (Å²) in [5.74, 6) is -0.305. The molecule has 21 heavy (non-hydrogen) atoms. The van der Waals surface area contributed by atoms with Crippen molar-refractivity contribution in [2.45, 2.75) is 39.2 Å². The van der Waals surface area contributed by atoms with Gasteiger partial charge in [-0.25, -0.2) is 4.39 Å². The molecule has 0 bridgehead atoms. The smallest absolute Gasteiger partial charge is 0.222 e. The van der Waals surface area contributed by atoms with Crippen molar-refractivity contribution in [3.8, 4) is 0 Å². The number of carbonyl (C=O) groups is 2. The summed E-state index contributed by atoms with van der Waals surface area (Å²) in [7, 11) is 1.69. The first-order valence-corrected chi connectivity index (χ1v) is 7.22. The first kappa shape index (κ1) is 17.1. The molecular weight excluding hydrogens is 271 g/mol. The molecule has 5 heteroatoms. The van der Waals surface area contributed by atoms with Gasteiger partial charge in [0.25, 0.3) is 0 Å². The van der Waals surface area contributed by atoms with Crippen molar-refractivity contribution in [3.63, 3.8) is 0 Å². The van der Waals surface area contributed by atoms with E-state index < -0.39 is 0 Å². The van der Waals surface area contributed by atoms with Crippen molar-refractivity contribution in [2.75, 3.05) is 13.6 Å². The molecule has 1 aromatic rings. The quantitative estimate of drug-likeness (QED) is 0.749. The van der Waals surface area contributed by atoms with Crippen LogP contribution >= 0.6 is 0 Å². The zero-order valence-corrected chi connectivity index (χ0v) is 12.7. The number of unbranched alkanes of at least 4 members (excludes halogenated alkanes) is 2. The molecule has 0 saturated carbocycles. The van der Waals surface area contributed by atoms with Crippen LogP contribution in [0.15, 0.2) is 24.3 Å². The monoisotopic (exact) mass is 294 g/mol. The van der Waals surface area contributed by atoms with Crippen molar-refractivity contribution in [1.29, 1.82) is 0 Å². The summed E-state index contributed by atoms with van der Waals surface area (Å²) >= 11 is 0. The van der Waals surface area contributed by atoms with Crippen LogP contribution < -0.4 is 5.32 Å². The molecular formula is C16H23FN2O2. The van der Waals surface area contributed by atoms with E-state index in [1.54, 1.807) is 30.1 Å². The van der Waals surface area contributed by atoms with Gasteiger partial charge in [-0.2, -0.15) is 0 Å². The number of carbonyl (C=O) groups excluding carboxylic acids is 2. The molecule has 0 heterocycles. The highest BCUT2D eigenvalue weighted by atomic mass is 19.1. The van der Waals surface area contributed by atoms with Gasteiger partial charge in [-0.3, -0.25) is 9.59 Å². The Morgan fingerprint density at radius 3 is 2.57 bits per heavy atom. The van der Waals surface area contributed by atoms with E-state index in [0.717, 1.165) is 19.3 Å². The summed E-state index contributed by atoms with van der Waals surface area (Å²) in [6.07, 6.45) is 2.98. The Hall–Kier alpha value is -1.91. The molecule has 0 spiro atoms. The van der Waals surface area contributed by atoms with Crippen molar-refractivity contribution >= 4 is 11.8 Å². The van der Waals surface area contributed by atoms with E-state index in [-0.39, 0.29) is 24.2 Å². The summed E-state index contributed by atoms with van der Waals surface area (Å²) in [5.41, 5.74) is 0.527. The molecule has 2 amide bonds. The Bertz CT molecular complexity index is 477. The second-order valence-corrected chi connectivity index (χ2v) is 5.13. The SMILES string of the molecule is CC(=O)NCCCCCC(=O)N(C)Cc1ccccc1F.